The van der Waals surface area contributed by atoms with Crippen molar-refractivity contribution < 1.29 is 0 Å². The van der Waals surface area contributed by atoms with Crippen LogP contribution in [0.25, 0.3) is 11.3 Å². The first kappa shape index (κ1) is 11.9. The third kappa shape index (κ3) is 2.26. The van der Waals surface area contributed by atoms with Crippen molar-refractivity contribution in [2.75, 3.05) is 0 Å². The van der Waals surface area contributed by atoms with Crippen LogP contribution in [-0.4, -0.2) is 15.0 Å². The molecule has 0 aromatic carbocycles. The van der Waals surface area contributed by atoms with Crippen molar-refractivity contribution in [3.63, 3.8) is 0 Å². The third-order valence-electron chi connectivity index (χ3n) is 2.78. The SMILES string of the molecule is Cc1ccncc1-c1[nH]cnc(=S)c1C(C)C. The molecule has 0 saturated heterocycles. The molecule has 88 valence electrons. The Kier molecular flexibility index (Phi) is 3.33. The highest BCUT2D eigenvalue weighted by atomic mass is 32.1. The quantitative estimate of drug-likeness (QED) is 0.821. The first-order valence-corrected chi connectivity index (χ1v) is 6.00. The van der Waals surface area contributed by atoms with Crippen LogP contribution in [-0.2, 0) is 0 Å². The van der Waals surface area contributed by atoms with E-state index in [9.17, 15) is 0 Å². The minimum atomic E-state index is 0.335. The zero-order chi connectivity index (χ0) is 12.4. The zero-order valence-corrected chi connectivity index (χ0v) is 11.0. The van der Waals surface area contributed by atoms with E-state index in [-0.39, 0.29) is 0 Å². The van der Waals surface area contributed by atoms with Gasteiger partial charge >= 0.3 is 0 Å². The van der Waals surface area contributed by atoms with E-state index in [1.54, 1.807) is 12.5 Å². The molecule has 0 fully saturated rings. The van der Waals surface area contributed by atoms with Crippen molar-refractivity contribution in [1.82, 2.24) is 15.0 Å². The van der Waals surface area contributed by atoms with Gasteiger partial charge in [0.1, 0.15) is 4.64 Å². The van der Waals surface area contributed by atoms with E-state index in [0.29, 0.717) is 10.6 Å². The molecule has 1 N–H and O–H groups in total. The summed E-state index contributed by atoms with van der Waals surface area (Å²) in [4.78, 5) is 11.5. The molecule has 0 amide bonds. The zero-order valence-electron chi connectivity index (χ0n) is 10.2. The Bertz CT molecular complexity index is 587. The van der Waals surface area contributed by atoms with Crippen LogP contribution in [0.3, 0.4) is 0 Å². The van der Waals surface area contributed by atoms with Crippen LogP contribution in [0, 0.1) is 11.6 Å². The summed E-state index contributed by atoms with van der Waals surface area (Å²) in [5.41, 5.74) is 4.38. The molecule has 3 nitrogen and oxygen atoms in total. The van der Waals surface area contributed by atoms with Crippen molar-refractivity contribution >= 4 is 12.2 Å². The molecule has 0 radical (unpaired) electrons. The molecule has 17 heavy (non-hydrogen) atoms. The van der Waals surface area contributed by atoms with Crippen molar-refractivity contribution in [2.24, 2.45) is 0 Å². The summed E-state index contributed by atoms with van der Waals surface area (Å²) in [6, 6.07) is 2.00. The molecule has 2 rings (SSSR count). The van der Waals surface area contributed by atoms with Gasteiger partial charge in [0.15, 0.2) is 0 Å². The third-order valence-corrected chi connectivity index (χ3v) is 3.10. The molecule has 2 heterocycles. The van der Waals surface area contributed by atoms with Crippen LogP contribution in [0.15, 0.2) is 24.8 Å². The van der Waals surface area contributed by atoms with E-state index in [2.05, 4.69) is 35.7 Å². The lowest BCUT2D eigenvalue weighted by Gasteiger charge is -2.13. The predicted octanol–water partition coefficient (Wildman–Crippen LogP) is 3.63. The van der Waals surface area contributed by atoms with Gasteiger partial charge in [-0.3, -0.25) is 4.98 Å². The Balaban J connectivity index is 2.73. The molecule has 0 spiro atoms. The Morgan fingerprint density at radius 2 is 2.12 bits per heavy atom. The van der Waals surface area contributed by atoms with E-state index in [4.69, 9.17) is 12.2 Å². The number of nitrogens with zero attached hydrogens (tertiary/aromatic N) is 2. The van der Waals surface area contributed by atoms with Crippen LogP contribution in [0.1, 0.15) is 30.9 Å². The predicted molar refractivity (Wildman–Crippen MR) is 71.5 cm³/mol. The number of pyridine rings is 1. The molecular weight excluding hydrogens is 230 g/mol. The van der Waals surface area contributed by atoms with E-state index in [1.165, 1.54) is 5.56 Å². The van der Waals surface area contributed by atoms with Gasteiger partial charge in [0.2, 0.25) is 0 Å². The fraction of sp³-hybridized carbons (Fsp3) is 0.308. The molecule has 4 heteroatoms. The molecule has 0 unspecified atom stereocenters. The molecule has 0 aliphatic carbocycles. The molecule has 0 bridgehead atoms. The van der Waals surface area contributed by atoms with Crippen molar-refractivity contribution in [3.8, 4) is 11.3 Å². The molecule has 0 aliphatic rings. The van der Waals surface area contributed by atoms with Gasteiger partial charge in [0, 0.05) is 23.5 Å². The van der Waals surface area contributed by atoms with Gasteiger partial charge in [-0.15, -0.1) is 0 Å². The van der Waals surface area contributed by atoms with Gasteiger partial charge in [-0.2, -0.15) is 0 Å². The first-order chi connectivity index (χ1) is 8.11. The summed E-state index contributed by atoms with van der Waals surface area (Å²) in [5.74, 6) is 0.335. The van der Waals surface area contributed by atoms with Crippen molar-refractivity contribution in [2.45, 2.75) is 26.7 Å². The lowest BCUT2D eigenvalue weighted by molar-refractivity contribution is 0.843. The maximum atomic E-state index is 5.31. The Hall–Kier alpha value is -1.55. The van der Waals surface area contributed by atoms with Gasteiger partial charge in [-0.05, 0) is 24.5 Å². The van der Waals surface area contributed by atoms with E-state index in [0.717, 1.165) is 16.8 Å². The Morgan fingerprint density at radius 3 is 2.76 bits per heavy atom. The van der Waals surface area contributed by atoms with Crippen molar-refractivity contribution in [1.29, 1.82) is 0 Å². The average Bonchev–Trinajstić information content (AvgIpc) is 2.28. The summed E-state index contributed by atoms with van der Waals surface area (Å²) in [6.07, 6.45) is 5.31. The second-order valence-corrected chi connectivity index (χ2v) is 4.73. The number of hydrogen-bond acceptors (Lipinski definition) is 3. The fourth-order valence-electron chi connectivity index (χ4n) is 1.89. The highest BCUT2D eigenvalue weighted by molar-refractivity contribution is 7.71. The second kappa shape index (κ2) is 4.75. The number of hydrogen-bond donors (Lipinski definition) is 1. The van der Waals surface area contributed by atoms with E-state index >= 15 is 0 Å². The second-order valence-electron chi connectivity index (χ2n) is 4.34. The standard InChI is InChI=1S/C13H15N3S/c1-8(2)11-12(15-7-16-13(11)17)10-6-14-5-4-9(10)3/h4-8H,1-3H3,(H,15,16,17). The molecular formula is C13H15N3S. The average molecular weight is 245 g/mol. The number of aryl methyl sites for hydroxylation is 1. The summed E-state index contributed by atoms with van der Waals surface area (Å²) in [5, 5.41) is 0. The summed E-state index contributed by atoms with van der Waals surface area (Å²) < 4.78 is 0.664. The highest BCUT2D eigenvalue weighted by Gasteiger charge is 2.13. The molecule has 0 saturated carbocycles. The topological polar surface area (TPSA) is 41.6 Å². The number of H-pyrrole nitrogens is 1. The van der Waals surface area contributed by atoms with Gasteiger partial charge in [0.25, 0.3) is 0 Å². The number of aromatic amines is 1. The molecule has 2 aromatic rings. The lowest BCUT2D eigenvalue weighted by Crippen LogP contribution is -2.00. The van der Waals surface area contributed by atoms with Crippen LogP contribution < -0.4 is 0 Å². The smallest absolute Gasteiger partial charge is 0.133 e. The van der Waals surface area contributed by atoms with Gasteiger partial charge in [0.05, 0.1) is 12.0 Å². The van der Waals surface area contributed by atoms with E-state index < -0.39 is 0 Å². The molecule has 2 aromatic heterocycles. The fourth-order valence-corrected chi connectivity index (χ4v) is 2.28. The number of rotatable bonds is 2. The van der Waals surface area contributed by atoms with E-state index in [1.807, 2.05) is 12.3 Å². The van der Waals surface area contributed by atoms with Gasteiger partial charge < -0.3 is 4.98 Å². The Morgan fingerprint density at radius 1 is 1.35 bits per heavy atom. The number of nitrogens with one attached hydrogen (secondary N) is 1. The van der Waals surface area contributed by atoms with Gasteiger partial charge in [-0.1, -0.05) is 26.1 Å². The highest BCUT2D eigenvalue weighted by Crippen LogP contribution is 2.28. The van der Waals surface area contributed by atoms with Crippen LogP contribution >= 0.6 is 12.2 Å². The Labute approximate surface area is 106 Å². The van der Waals surface area contributed by atoms with Crippen LogP contribution in [0.4, 0.5) is 0 Å². The molecule has 0 aliphatic heterocycles. The van der Waals surface area contributed by atoms with Crippen LogP contribution in [0.5, 0.6) is 0 Å². The van der Waals surface area contributed by atoms with Crippen molar-refractivity contribution in [3.05, 3.63) is 40.6 Å². The maximum absolute atomic E-state index is 5.31. The van der Waals surface area contributed by atoms with Gasteiger partial charge in [-0.25, -0.2) is 4.98 Å². The number of aromatic nitrogens is 3. The normalized spacial score (nSPS) is 10.8. The summed E-state index contributed by atoms with van der Waals surface area (Å²) in [7, 11) is 0. The first-order valence-electron chi connectivity index (χ1n) is 5.60. The maximum Gasteiger partial charge on any atom is 0.133 e. The minimum Gasteiger partial charge on any atom is -0.345 e. The summed E-state index contributed by atoms with van der Waals surface area (Å²) >= 11 is 5.31. The summed E-state index contributed by atoms with van der Waals surface area (Å²) in [6.45, 7) is 6.31. The van der Waals surface area contributed by atoms with Crippen LogP contribution in [0.2, 0.25) is 0 Å². The monoisotopic (exact) mass is 245 g/mol. The lowest BCUT2D eigenvalue weighted by atomic mass is 9.97. The minimum absolute atomic E-state index is 0.335. The largest absolute Gasteiger partial charge is 0.345 e. The molecule has 0 atom stereocenters.